The Kier molecular flexibility index (Phi) is 6.40. The van der Waals surface area contributed by atoms with E-state index < -0.39 is 0 Å². The molecule has 0 radical (unpaired) electrons. The third kappa shape index (κ3) is 4.58. The number of carbonyl (C=O) groups excluding carboxylic acids is 1. The molecule has 0 atom stereocenters. The summed E-state index contributed by atoms with van der Waals surface area (Å²) in [7, 11) is 3.61. The number of nitrogens with zero attached hydrogens (tertiary/aromatic N) is 1. The summed E-state index contributed by atoms with van der Waals surface area (Å²) in [5.41, 5.74) is 3.99. The van der Waals surface area contributed by atoms with Gasteiger partial charge in [-0.25, -0.2) is 0 Å². The van der Waals surface area contributed by atoms with Gasteiger partial charge in [-0.05, 0) is 30.4 Å². The van der Waals surface area contributed by atoms with Crippen molar-refractivity contribution in [3.05, 3.63) is 29.3 Å². The summed E-state index contributed by atoms with van der Waals surface area (Å²) in [6, 6.07) is 6.47. The largest absolute Gasteiger partial charge is 0.385 e. The van der Waals surface area contributed by atoms with Gasteiger partial charge in [-0.2, -0.15) is 0 Å². The first kappa shape index (κ1) is 15.5. The Bertz CT molecular complexity index is 391. The van der Waals surface area contributed by atoms with Gasteiger partial charge < -0.3 is 10.2 Å². The molecular formula is C16H26N2O. The van der Waals surface area contributed by atoms with Gasteiger partial charge in [0.2, 0.25) is 5.91 Å². The number of rotatable bonds is 7. The fourth-order valence-corrected chi connectivity index (χ4v) is 2.15. The molecule has 0 aliphatic carbocycles. The molecule has 0 aliphatic rings. The van der Waals surface area contributed by atoms with E-state index in [9.17, 15) is 4.79 Å². The van der Waals surface area contributed by atoms with Crippen LogP contribution >= 0.6 is 0 Å². The minimum absolute atomic E-state index is 0.196. The van der Waals surface area contributed by atoms with Crippen LogP contribution in [0, 0.1) is 0 Å². The third-order valence-corrected chi connectivity index (χ3v) is 3.37. The zero-order chi connectivity index (χ0) is 14.3. The lowest BCUT2D eigenvalue weighted by Gasteiger charge is -2.16. The van der Waals surface area contributed by atoms with Crippen molar-refractivity contribution in [1.29, 1.82) is 0 Å². The number of amides is 1. The molecule has 0 saturated carbocycles. The Balaban J connectivity index is 2.55. The summed E-state index contributed by atoms with van der Waals surface area (Å²) < 4.78 is 0. The molecule has 19 heavy (non-hydrogen) atoms. The topological polar surface area (TPSA) is 32.3 Å². The van der Waals surface area contributed by atoms with E-state index in [1.807, 2.05) is 0 Å². The Morgan fingerprint density at radius 3 is 2.21 bits per heavy atom. The normalized spacial score (nSPS) is 10.3. The Morgan fingerprint density at radius 2 is 1.74 bits per heavy atom. The van der Waals surface area contributed by atoms with E-state index in [4.69, 9.17) is 0 Å². The predicted octanol–water partition coefficient (Wildman–Crippen LogP) is 3.09. The Labute approximate surface area is 117 Å². The lowest BCUT2D eigenvalue weighted by Crippen LogP contribution is -2.22. The van der Waals surface area contributed by atoms with Crippen LogP contribution in [-0.2, 0) is 17.6 Å². The van der Waals surface area contributed by atoms with Gasteiger partial charge in [0.25, 0.3) is 0 Å². The number of benzene rings is 1. The molecule has 0 spiro atoms. The monoisotopic (exact) mass is 262 g/mol. The second-order valence-electron chi connectivity index (χ2n) is 4.98. The van der Waals surface area contributed by atoms with Crippen molar-refractivity contribution in [3.8, 4) is 0 Å². The highest BCUT2D eigenvalue weighted by molar-refractivity contribution is 5.75. The molecule has 0 aromatic heterocycles. The highest BCUT2D eigenvalue weighted by atomic mass is 16.2. The summed E-state index contributed by atoms with van der Waals surface area (Å²) in [4.78, 5) is 13.1. The number of anilines is 1. The van der Waals surface area contributed by atoms with E-state index in [1.54, 1.807) is 19.0 Å². The van der Waals surface area contributed by atoms with Gasteiger partial charge in [0.15, 0.2) is 0 Å². The zero-order valence-corrected chi connectivity index (χ0v) is 12.6. The van der Waals surface area contributed by atoms with Crippen LogP contribution in [0.25, 0.3) is 0 Å². The number of hydrogen-bond acceptors (Lipinski definition) is 2. The van der Waals surface area contributed by atoms with Crippen molar-refractivity contribution in [2.75, 3.05) is 26.0 Å². The molecular weight excluding hydrogens is 236 g/mol. The molecule has 0 fully saturated rings. The van der Waals surface area contributed by atoms with E-state index in [-0.39, 0.29) is 5.91 Å². The fourth-order valence-electron chi connectivity index (χ4n) is 2.15. The molecule has 1 amide bonds. The number of hydrogen-bond donors (Lipinski definition) is 1. The van der Waals surface area contributed by atoms with Gasteiger partial charge in [0, 0.05) is 32.7 Å². The summed E-state index contributed by atoms with van der Waals surface area (Å²) in [5, 5.41) is 3.51. The predicted molar refractivity (Wildman–Crippen MR) is 81.6 cm³/mol. The van der Waals surface area contributed by atoms with E-state index in [0.29, 0.717) is 6.42 Å². The maximum atomic E-state index is 11.5. The Morgan fingerprint density at radius 1 is 1.16 bits per heavy atom. The summed E-state index contributed by atoms with van der Waals surface area (Å²) in [6.45, 7) is 5.20. The minimum Gasteiger partial charge on any atom is -0.385 e. The molecule has 0 bridgehead atoms. The van der Waals surface area contributed by atoms with Gasteiger partial charge in [-0.1, -0.05) is 32.0 Å². The van der Waals surface area contributed by atoms with E-state index >= 15 is 0 Å². The van der Waals surface area contributed by atoms with Crippen molar-refractivity contribution >= 4 is 11.6 Å². The van der Waals surface area contributed by atoms with Crippen LogP contribution in [0.5, 0.6) is 0 Å². The standard InChI is InChI=1S/C16H26N2O/c1-5-13-9-7-10-14(6-2)16(13)17-12-8-11-15(19)18(3)4/h7,9-10,17H,5-6,8,11-12H2,1-4H3. The fraction of sp³-hybridized carbons (Fsp3) is 0.562. The van der Waals surface area contributed by atoms with Gasteiger partial charge in [0.05, 0.1) is 0 Å². The molecule has 0 aliphatic heterocycles. The Hall–Kier alpha value is -1.51. The minimum atomic E-state index is 0.196. The van der Waals surface area contributed by atoms with E-state index in [1.165, 1.54) is 16.8 Å². The highest BCUT2D eigenvalue weighted by Gasteiger charge is 2.06. The molecule has 0 saturated heterocycles. The first-order valence-corrected chi connectivity index (χ1v) is 7.14. The quantitative estimate of drug-likeness (QED) is 0.766. The highest BCUT2D eigenvalue weighted by Crippen LogP contribution is 2.22. The molecule has 0 heterocycles. The summed E-state index contributed by atoms with van der Waals surface area (Å²) in [5.74, 6) is 0.196. The lowest BCUT2D eigenvalue weighted by molar-refractivity contribution is -0.128. The second-order valence-corrected chi connectivity index (χ2v) is 4.98. The second kappa shape index (κ2) is 7.82. The molecule has 1 aromatic rings. The zero-order valence-electron chi connectivity index (χ0n) is 12.6. The molecule has 1 aromatic carbocycles. The van der Waals surface area contributed by atoms with Crippen LogP contribution in [0.3, 0.4) is 0 Å². The molecule has 1 rings (SSSR count). The van der Waals surface area contributed by atoms with Gasteiger partial charge in [-0.15, -0.1) is 0 Å². The third-order valence-electron chi connectivity index (χ3n) is 3.37. The number of carbonyl (C=O) groups is 1. The molecule has 3 heteroatoms. The average molecular weight is 262 g/mol. The maximum absolute atomic E-state index is 11.5. The first-order valence-electron chi connectivity index (χ1n) is 7.14. The van der Waals surface area contributed by atoms with E-state index in [0.717, 1.165) is 25.8 Å². The van der Waals surface area contributed by atoms with Crippen molar-refractivity contribution in [3.63, 3.8) is 0 Å². The number of para-hydroxylation sites is 1. The van der Waals surface area contributed by atoms with Crippen LogP contribution in [-0.4, -0.2) is 31.4 Å². The van der Waals surface area contributed by atoms with Crippen LogP contribution in [0.2, 0.25) is 0 Å². The molecule has 106 valence electrons. The summed E-state index contributed by atoms with van der Waals surface area (Å²) in [6.07, 6.45) is 3.55. The van der Waals surface area contributed by atoms with E-state index in [2.05, 4.69) is 37.4 Å². The van der Waals surface area contributed by atoms with Gasteiger partial charge in [0.1, 0.15) is 0 Å². The van der Waals surface area contributed by atoms with Crippen LogP contribution in [0.15, 0.2) is 18.2 Å². The molecule has 1 N–H and O–H groups in total. The SMILES string of the molecule is CCc1cccc(CC)c1NCCCC(=O)N(C)C. The average Bonchev–Trinajstić information content (AvgIpc) is 2.42. The summed E-state index contributed by atoms with van der Waals surface area (Å²) >= 11 is 0. The molecule has 0 unspecified atom stereocenters. The maximum Gasteiger partial charge on any atom is 0.222 e. The van der Waals surface area contributed by atoms with Crippen molar-refractivity contribution in [1.82, 2.24) is 4.90 Å². The first-order chi connectivity index (χ1) is 9.10. The van der Waals surface area contributed by atoms with Gasteiger partial charge >= 0.3 is 0 Å². The molecule has 3 nitrogen and oxygen atoms in total. The number of aryl methyl sites for hydroxylation is 2. The van der Waals surface area contributed by atoms with Crippen LogP contribution in [0.4, 0.5) is 5.69 Å². The van der Waals surface area contributed by atoms with Gasteiger partial charge in [-0.3, -0.25) is 4.79 Å². The number of nitrogens with one attached hydrogen (secondary N) is 1. The van der Waals surface area contributed by atoms with Crippen LogP contribution in [0.1, 0.15) is 37.8 Å². The lowest BCUT2D eigenvalue weighted by atomic mass is 10.0. The smallest absolute Gasteiger partial charge is 0.222 e. The van der Waals surface area contributed by atoms with Crippen molar-refractivity contribution in [2.45, 2.75) is 39.5 Å². The van der Waals surface area contributed by atoms with Crippen molar-refractivity contribution in [2.24, 2.45) is 0 Å². The van der Waals surface area contributed by atoms with Crippen LogP contribution < -0.4 is 5.32 Å². The van der Waals surface area contributed by atoms with Crippen molar-refractivity contribution < 1.29 is 4.79 Å².